The van der Waals surface area contributed by atoms with Crippen LogP contribution < -0.4 is 5.73 Å². The van der Waals surface area contributed by atoms with Crippen LogP contribution in [0.1, 0.15) is 6.42 Å². The Labute approximate surface area is 143 Å². The van der Waals surface area contributed by atoms with E-state index in [0.29, 0.717) is 0 Å². The molecule has 24 heavy (non-hydrogen) atoms. The fourth-order valence-corrected chi connectivity index (χ4v) is 5.61. The van der Waals surface area contributed by atoms with E-state index < -0.39 is 35.1 Å². The summed E-state index contributed by atoms with van der Waals surface area (Å²) >= 11 is 2.18. The van der Waals surface area contributed by atoms with Crippen LogP contribution in [0.15, 0.2) is 5.16 Å². The Kier molecular flexibility index (Phi) is 4.40. The number of hydrogen-bond acceptors (Lipinski definition) is 9. The van der Waals surface area contributed by atoms with Gasteiger partial charge < -0.3 is 20.8 Å². The molecular formula is C11H14N6O5S2. The molecule has 1 aromatic rings. The summed E-state index contributed by atoms with van der Waals surface area (Å²) in [7, 11) is 0. The third-order valence-electron chi connectivity index (χ3n) is 4.12. The smallest absolute Gasteiger partial charge is 0.313 e. The van der Waals surface area contributed by atoms with Gasteiger partial charge in [-0.05, 0) is 5.21 Å². The van der Waals surface area contributed by atoms with Gasteiger partial charge in [0.05, 0.1) is 6.42 Å². The minimum absolute atomic E-state index is 0.0880. The minimum atomic E-state index is -1.44. The molecule has 3 heterocycles. The molecule has 4 atom stereocenters. The first-order valence-corrected chi connectivity index (χ1v) is 8.81. The highest BCUT2D eigenvalue weighted by atomic mass is 32.2. The molecule has 0 bridgehead atoms. The molecule has 3 rings (SSSR count). The van der Waals surface area contributed by atoms with Crippen molar-refractivity contribution in [1.82, 2.24) is 25.5 Å². The number of aromatic amines is 1. The lowest BCUT2D eigenvalue weighted by molar-refractivity contribution is -0.157. The van der Waals surface area contributed by atoms with E-state index in [9.17, 15) is 24.6 Å². The van der Waals surface area contributed by atoms with Crippen molar-refractivity contribution in [2.75, 3.05) is 12.3 Å². The van der Waals surface area contributed by atoms with E-state index in [1.165, 1.54) is 16.7 Å². The van der Waals surface area contributed by atoms with Gasteiger partial charge in [0.25, 0.3) is 0 Å². The molecule has 13 heteroatoms. The monoisotopic (exact) mass is 374 g/mol. The number of carboxylic acid groups (broad SMARTS) is 2. The summed E-state index contributed by atoms with van der Waals surface area (Å²) in [6.07, 6.45) is -0.412. The molecule has 0 spiro atoms. The Hall–Kier alpha value is -1.86. The fraction of sp³-hybridized carbons (Fsp3) is 0.636. The maximum Gasteiger partial charge on any atom is 0.313 e. The molecule has 0 saturated carbocycles. The van der Waals surface area contributed by atoms with Gasteiger partial charge >= 0.3 is 11.9 Å². The van der Waals surface area contributed by atoms with Crippen molar-refractivity contribution >= 4 is 41.4 Å². The number of aromatic nitrogens is 4. The fourth-order valence-electron chi connectivity index (χ4n) is 2.80. The largest absolute Gasteiger partial charge is 0.481 e. The standard InChI is InChI=1S/C11H14N6O5S2/c12-6-7(20)17-2-11(9(21)22,3-23-8(6)17)4(1-5(18)19)24-10-13-15-16-14-10/h4,6,8H,1-3,12H2,(H,18,19)(H,21,22)(H,13,14,15,16)/t4?,6?,8-,11?/m1/s1. The van der Waals surface area contributed by atoms with Crippen LogP contribution in [-0.2, 0) is 14.4 Å². The first-order valence-electron chi connectivity index (χ1n) is 6.88. The topological polar surface area (TPSA) is 175 Å². The average Bonchev–Trinajstić information content (AvgIpc) is 3.05. The van der Waals surface area contributed by atoms with Crippen molar-refractivity contribution in [2.45, 2.75) is 28.2 Å². The molecule has 2 aliphatic heterocycles. The second-order valence-corrected chi connectivity index (χ2v) is 7.83. The molecule has 0 aromatic carbocycles. The number of nitrogens with zero attached hydrogens (tertiary/aromatic N) is 4. The molecule has 2 saturated heterocycles. The minimum Gasteiger partial charge on any atom is -0.481 e. The summed E-state index contributed by atoms with van der Waals surface area (Å²) in [5, 5.41) is 31.2. The lowest BCUT2D eigenvalue weighted by atomic mass is 9.82. The number of thioether (sulfide) groups is 2. The van der Waals surface area contributed by atoms with Gasteiger partial charge in [0.15, 0.2) is 0 Å². The van der Waals surface area contributed by atoms with Crippen LogP contribution in [0, 0.1) is 5.41 Å². The Balaban J connectivity index is 1.89. The van der Waals surface area contributed by atoms with Gasteiger partial charge in [0, 0.05) is 17.5 Å². The average molecular weight is 374 g/mol. The summed E-state index contributed by atoms with van der Waals surface area (Å²) in [5.74, 6) is -2.48. The van der Waals surface area contributed by atoms with E-state index in [0.717, 1.165) is 11.8 Å². The van der Waals surface area contributed by atoms with Crippen LogP contribution in [0.3, 0.4) is 0 Å². The number of carbonyl (C=O) groups excluding carboxylic acids is 1. The van der Waals surface area contributed by atoms with Crippen molar-refractivity contribution in [3.05, 3.63) is 0 Å². The number of fused-ring (bicyclic) bond motifs is 1. The molecule has 1 aromatic heterocycles. The lowest BCUT2D eigenvalue weighted by Crippen LogP contribution is -2.73. The molecule has 1 amide bonds. The zero-order valence-corrected chi connectivity index (χ0v) is 13.8. The highest BCUT2D eigenvalue weighted by molar-refractivity contribution is 8.01. The van der Waals surface area contributed by atoms with Crippen LogP contribution in [0.4, 0.5) is 0 Å². The summed E-state index contributed by atoms with van der Waals surface area (Å²) in [5.41, 5.74) is 4.27. The zero-order valence-electron chi connectivity index (χ0n) is 12.2. The van der Waals surface area contributed by atoms with Crippen LogP contribution >= 0.6 is 23.5 Å². The zero-order chi connectivity index (χ0) is 17.5. The number of nitrogens with one attached hydrogen (secondary N) is 1. The molecule has 5 N–H and O–H groups in total. The van der Waals surface area contributed by atoms with Gasteiger partial charge in [-0.25, -0.2) is 0 Å². The molecule has 130 valence electrons. The molecular weight excluding hydrogens is 360 g/mol. The third kappa shape index (κ3) is 2.71. The highest BCUT2D eigenvalue weighted by Gasteiger charge is 2.59. The molecule has 0 radical (unpaired) electrons. The number of aliphatic carboxylic acids is 2. The Morgan fingerprint density at radius 2 is 2.29 bits per heavy atom. The van der Waals surface area contributed by atoms with Gasteiger partial charge in [-0.3, -0.25) is 14.4 Å². The van der Waals surface area contributed by atoms with E-state index in [-0.39, 0.29) is 28.7 Å². The number of carbonyl (C=O) groups is 3. The summed E-state index contributed by atoms with van der Waals surface area (Å²) in [6.45, 7) is -0.0880. The van der Waals surface area contributed by atoms with Crippen molar-refractivity contribution < 1.29 is 24.6 Å². The van der Waals surface area contributed by atoms with Crippen LogP contribution in [0.5, 0.6) is 0 Å². The summed E-state index contributed by atoms with van der Waals surface area (Å²) < 4.78 is 0. The first kappa shape index (κ1) is 17.0. The van der Waals surface area contributed by atoms with Crippen molar-refractivity contribution in [2.24, 2.45) is 11.1 Å². The Morgan fingerprint density at radius 1 is 1.54 bits per heavy atom. The molecule has 3 unspecified atom stereocenters. The predicted octanol–water partition coefficient (Wildman–Crippen LogP) is -1.55. The van der Waals surface area contributed by atoms with Gasteiger partial charge in [-0.1, -0.05) is 11.8 Å². The Bertz CT molecular complexity index is 672. The predicted molar refractivity (Wildman–Crippen MR) is 82.1 cm³/mol. The number of β-lactam (4-membered cyclic amide) rings is 1. The van der Waals surface area contributed by atoms with Crippen molar-refractivity contribution in [3.8, 4) is 0 Å². The molecule has 0 aliphatic carbocycles. The van der Waals surface area contributed by atoms with E-state index >= 15 is 0 Å². The number of amides is 1. The van der Waals surface area contributed by atoms with E-state index in [2.05, 4.69) is 20.6 Å². The quantitative estimate of drug-likeness (QED) is 0.335. The van der Waals surface area contributed by atoms with E-state index in [4.69, 9.17) is 5.73 Å². The SMILES string of the molecule is NC1C(=O)N2CC(C(=O)O)(C(CC(=O)O)Sc3nn[nH]n3)CS[C@H]12. The van der Waals surface area contributed by atoms with Crippen molar-refractivity contribution in [1.29, 1.82) is 0 Å². The second-order valence-electron chi connectivity index (χ2n) is 5.55. The Morgan fingerprint density at radius 3 is 2.88 bits per heavy atom. The van der Waals surface area contributed by atoms with Crippen LogP contribution in [0.25, 0.3) is 0 Å². The number of carboxylic acids is 2. The molecule has 2 aliphatic rings. The number of nitrogens with two attached hydrogens (primary N) is 1. The van der Waals surface area contributed by atoms with Crippen LogP contribution in [-0.4, -0.2) is 82.5 Å². The first-order chi connectivity index (χ1) is 11.3. The maximum atomic E-state index is 12.0. The van der Waals surface area contributed by atoms with E-state index in [1.807, 2.05) is 0 Å². The number of rotatable bonds is 6. The second kappa shape index (κ2) is 6.22. The normalized spacial score (nSPS) is 30.4. The number of hydrogen-bond donors (Lipinski definition) is 4. The van der Waals surface area contributed by atoms with Crippen molar-refractivity contribution in [3.63, 3.8) is 0 Å². The molecule has 2 fully saturated rings. The molecule has 11 nitrogen and oxygen atoms in total. The number of H-pyrrole nitrogens is 1. The van der Waals surface area contributed by atoms with E-state index in [1.54, 1.807) is 0 Å². The summed E-state index contributed by atoms with van der Waals surface area (Å²) in [6, 6.07) is -0.635. The maximum absolute atomic E-state index is 12.0. The van der Waals surface area contributed by atoms with Crippen LogP contribution in [0.2, 0.25) is 0 Å². The lowest BCUT2D eigenvalue weighted by Gasteiger charge is -2.54. The number of tetrazole rings is 1. The highest BCUT2D eigenvalue weighted by Crippen LogP contribution is 2.48. The summed E-state index contributed by atoms with van der Waals surface area (Å²) in [4.78, 5) is 36.6. The van der Waals surface area contributed by atoms with Gasteiger partial charge in [-0.2, -0.15) is 5.21 Å². The van der Waals surface area contributed by atoms with Gasteiger partial charge in [0.2, 0.25) is 11.1 Å². The third-order valence-corrected chi connectivity index (χ3v) is 6.98. The van der Waals surface area contributed by atoms with Gasteiger partial charge in [-0.15, -0.1) is 22.0 Å². The van der Waals surface area contributed by atoms with Gasteiger partial charge in [0.1, 0.15) is 16.8 Å².